The summed E-state index contributed by atoms with van der Waals surface area (Å²) in [4.78, 5) is 0. The fourth-order valence-corrected chi connectivity index (χ4v) is 0.953. The molecule has 0 aromatic carbocycles. The van der Waals surface area contributed by atoms with Crippen molar-refractivity contribution >= 4 is 0 Å². The van der Waals surface area contributed by atoms with E-state index in [0.717, 1.165) is 18.9 Å². The average molecular weight is 100 g/mol. The minimum atomic E-state index is 0.273. The second-order valence-corrected chi connectivity index (χ2v) is 2.36. The van der Waals surface area contributed by atoms with Crippen LogP contribution in [0.4, 0.5) is 0 Å². The summed E-state index contributed by atoms with van der Waals surface area (Å²) in [6.07, 6.45) is 1.41. The van der Waals surface area contributed by atoms with Gasteiger partial charge in [0.2, 0.25) is 0 Å². The SMILES string of the molecule is CC1CNC(N)C1. The van der Waals surface area contributed by atoms with Crippen LogP contribution in [0.3, 0.4) is 0 Å². The van der Waals surface area contributed by atoms with Gasteiger partial charge >= 0.3 is 0 Å². The van der Waals surface area contributed by atoms with Crippen molar-refractivity contribution in [1.82, 2.24) is 5.32 Å². The molecular formula is C5H12N2. The molecule has 1 aliphatic heterocycles. The van der Waals surface area contributed by atoms with Crippen LogP contribution in [0.15, 0.2) is 0 Å². The van der Waals surface area contributed by atoms with Gasteiger partial charge in [0.05, 0.1) is 6.17 Å². The third-order valence-corrected chi connectivity index (χ3v) is 1.38. The van der Waals surface area contributed by atoms with Crippen molar-refractivity contribution in [3.05, 3.63) is 0 Å². The van der Waals surface area contributed by atoms with E-state index < -0.39 is 0 Å². The summed E-state index contributed by atoms with van der Waals surface area (Å²) in [6, 6.07) is 0. The molecule has 0 aromatic heterocycles. The van der Waals surface area contributed by atoms with Crippen LogP contribution in [0.2, 0.25) is 0 Å². The van der Waals surface area contributed by atoms with Crippen molar-refractivity contribution in [2.45, 2.75) is 19.5 Å². The van der Waals surface area contributed by atoms with Gasteiger partial charge in [-0.25, -0.2) is 0 Å². The van der Waals surface area contributed by atoms with Crippen molar-refractivity contribution in [2.24, 2.45) is 11.7 Å². The van der Waals surface area contributed by atoms with Gasteiger partial charge in [-0.05, 0) is 18.9 Å². The van der Waals surface area contributed by atoms with E-state index in [1.54, 1.807) is 0 Å². The van der Waals surface area contributed by atoms with Gasteiger partial charge < -0.3 is 11.1 Å². The second kappa shape index (κ2) is 1.80. The summed E-state index contributed by atoms with van der Waals surface area (Å²) < 4.78 is 0. The third kappa shape index (κ3) is 1.14. The second-order valence-electron chi connectivity index (χ2n) is 2.36. The Morgan fingerprint density at radius 3 is 2.57 bits per heavy atom. The molecule has 1 saturated heterocycles. The topological polar surface area (TPSA) is 38.0 Å². The molecule has 2 heteroatoms. The zero-order valence-corrected chi connectivity index (χ0v) is 4.65. The van der Waals surface area contributed by atoms with E-state index in [0.29, 0.717) is 0 Å². The minimum absolute atomic E-state index is 0.273. The van der Waals surface area contributed by atoms with Crippen LogP contribution in [-0.4, -0.2) is 12.7 Å². The lowest BCUT2D eigenvalue weighted by Crippen LogP contribution is -2.30. The molecule has 0 spiro atoms. The van der Waals surface area contributed by atoms with Crippen LogP contribution in [0.5, 0.6) is 0 Å². The van der Waals surface area contributed by atoms with E-state index in [4.69, 9.17) is 5.73 Å². The first-order valence-corrected chi connectivity index (χ1v) is 2.78. The van der Waals surface area contributed by atoms with Gasteiger partial charge in [-0.1, -0.05) is 6.92 Å². The van der Waals surface area contributed by atoms with Crippen LogP contribution in [0.1, 0.15) is 13.3 Å². The number of rotatable bonds is 0. The fraction of sp³-hybridized carbons (Fsp3) is 1.00. The highest BCUT2D eigenvalue weighted by molar-refractivity contribution is 4.73. The Labute approximate surface area is 44.1 Å². The Kier molecular flexibility index (Phi) is 1.30. The van der Waals surface area contributed by atoms with Gasteiger partial charge in [0.15, 0.2) is 0 Å². The van der Waals surface area contributed by atoms with E-state index in [-0.39, 0.29) is 6.17 Å². The maximum absolute atomic E-state index is 5.51. The molecular weight excluding hydrogens is 88.1 g/mol. The maximum Gasteiger partial charge on any atom is 0.0549 e. The fourth-order valence-electron chi connectivity index (χ4n) is 0.953. The van der Waals surface area contributed by atoms with E-state index >= 15 is 0 Å². The highest BCUT2D eigenvalue weighted by atomic mass is 15.0. The summed E-state index contributed by atoms with van der Waals surface area (Å²) in [6.45, 7) is 3.31. The lowest BCUT2D eigenvalue weighted by atomic mass is 10.1. The third-order valence-electron chi connectivity index (χ3n) is 1.38. The molecule has 0 radical (unpaired) electrons. The molecule has 0 bridgehead atoms. The molecule has 7 heavy (non-hydrogen) atoms. The summed E-state index contributed by atoms with van der Waals surface area (Å²) in [5, 5.41) is 3.15. The predicted molar refractivity (Wildman–Crippen MR) is 29.8 cm³/mol. The molecule has 2 nitrogen and oxygen atoms in total. The first-order valence-electron chi connectivity index (χ1n) is 2.78. The molecule has 0 aromatic rings. The molecule has 3 N–H and O–H groups in total. The first kappa shape index (κ1) is 5.06. The highest BCUT2D eigenvalue weighted by Gasteiger charge is 2.15. The molecule has 2 atom stereocenters. The van der Waals surface area contributed by atoms with Gasteiger partial charge in [-0.15, -0.1) is 0 Å². The van der Waals surface area contributed by atoms with Gasteiger partial charge in [0, 0.05) is 0 Å². The Balaban J connectivity index is 2.26. The molecule has 1 rings (SSSR count). The molecule has 0 aliphatic carbocycles. The summed E-state index contributed by atoms with van der Waals surface area (Å²) >= 11 is 0. The average Bonchev–Trinajstić information content (AvgIpc) is 1.87. The summed E-state index contributed by atoms with van der Waals surface area (Å²) in [7, 11) is 0. The molecule has 1 heterocycles. The Hall–Kier alpha value is -0.0800. The van der Waals surface area contributed by atoms with Gasteiger partial charge in [0.25, 0.3) is 0 Å². The molecule has 2 unspecified atom stereocenters. The largest absolute Gasteiger partial charge is 0.316 e. The zero-order valence-electron chi connectivity index (χ0n) is 4.65. The number of nitrogens with two attached hydrogens (primary N) is 1. The van der Waals surface area contributed by atoms with E-state index in [1.165, 1.54) is 0 Å². The molecule has 42 valence electrons. The van der Waals surface area contributed by atoms with E-state index in [2.05, 4.69) is 12.2 Å². The summed E-state index contributed by atoms with van der Waals surface area (Å²) in [5.41, 5.74) is 5.51. The zero-order chi connectivity index (χ0) is 5.28. The monoisotopic (exact) mass is 100 g/mol. The van der Waals surface area contributed by atoms with Crippen LogP contribution in [-0.2, 0) is 0 Å². The lowest BCUT2D eigenvalue weighted by molar-refractivity contribution is 0.604. The van der Waals surface area contributed by atoms with Crippen LogP contribution in [0.25, 0.3) is 0 Å². The lowest BCUT2D eigenvalue weighted by Gasteiger charge is -1.96. The van der Waals surface area contributed by atoms with E-state index in [1.807, 2.05) is 0 Å². The van der Waals surface area contributed by atoms with Crippen LogP contribution in [0, 0.1) is 5.92 Å². The predicted octanol–water partition coefficient (Wildman–Crippen LogP) is -0.0994. The Bertz CT molecular complexity index is 55.1. The molecule has 1 fully saturated rings. The normalized spacial score (nSPS) is 42.0. The van der Waals surface area contributed by atoms with Crippen molar-refractivity contribution in [2.75, 3.05) is 6.54 Å². The van der Waals surface area contributed by atoms with Crippen molar-refractivity contribution in [1.29, 1.82) is 0 Å². The highest BCUT2D eigenvalue weighted by Crippen LogP contribution is 2.07. The van der Waals surface area contributed by atoms with Crippen molar-refractivity contribution in [3.63, 3.8) is 0 Å². The van der Waals surface area contributed by atoms with Crippen molar-refractivity contribution in [3.8, 4) is 0 Å². The van der Waals surface area contributed by atoms with Gasteiger partial charge in [0.1, 0.15) is 0 Å². The number of hydrogen-bond donors (Lipinski definition) is 2. The molecule has 0 amide bonds. The standard InChI is InChI=1S/C5H12N2/c1-4-2-5(6)7-3-4/h4-5,7H,2-3,6H2,1H3. The first-order chi connectivity index (χ1) is 3.29. The van der Waals surface area contributed by atoms with Crippen molar-refractivity contribution < 1.29 is 0 Å². The number of hydrogen-bond acceptors (Lipinski definition) is 2. The quantitative estimate of drug-likeness (QED) is 0.446. The Morgan fingerprint density at radius 2 is 2.43 bits per heavy atom. The van der Waals surface area contributed by atoms with Gasteiger partial charge in [-0.2, -0.15) is 0 Å². The van der Waals surface area contributed by atoms with Gasteiger partial charge in [-0.3, -0.25) is 0 Å². The number of nitrogens with one attached hydrogen (secondary N) is 1. The van der Waals surface area contributed by atoms with Crippen LogP contribution >= 0.6 is 0 Å². The van der Waals surface area contributed by atoms with E-state index in [9.17, 15) is 0 Å². The minimum Gasteiger partial charge on any atom is -0.316 e. The molecule has 0 saturated carbocycles. The maximum atomic E-state index is 5.51. The summed E-state index contributed by atoms with van der Waals surface area (Å²) in [5.74, 6) is 0.787. The Morgan fingerprint density at radius 1 is 1.71 bits per heavy atom. The molecule has 1 aliphatic rings. The van der Waals surface area contributed by atoms with Crippen LogP contribution < -0.4 is 11.1 Å². The smallest absolute Gasteiger partial charge is 0.0549 e.